The summed E-state index contributed by atoms with van der Waals surface area (Å²) in [4.78, 5) is 23.1. The minimum atomic E-state index is -3.22. The number of hydrogen-bond acceptors (Lipinski definition) is 4. The van der Waals surface area contributed by atoms with Crippen LogP contribution < -0.4 is 15.4 Å². The molecule has 9 heteroatoms. The fraction of sp³-hybridized carbons (Fsp3) is 0.833. The smallest absolute Gasteiger partial charge is 0.329 e. The fourth-order valence-corrected chi connectivity index (χ4v) is 2.87. The van der Waals surface area contributed by atoms with Crippen LogP contribution in [0.1, 0.15) is 38.5 Å². The number of urea groups is 1. The van der Waals surface area contributed by atoms with Crippen molar-refractivity contribution in [1.82, 2.24) is 15.4 Å². The SMILES string of the molecule is CS(=O)(=O)NCCCNC(=O)NC1(C(=O)O)CCCCC1. The first kappa shape index (κ1) is 17.7. The van der Waals surface area contributed by atoms with E-state index < -0.39 is 27.6 Å². The van der Waals surface area contributed by atoms with E-state index in [2.05, 4.69) is 15.4 Å². The monoisotopic (exact) mass is 321 g/mol. The fourth-order valence-electron chi connectivity index (χ4n) is 2.36. The van der Waals surface area contributed by atoms with Crippen molar-refractivity contribution in [2.75, 3.05) is 19.3 Å². The Morgan fingerprint density at radius 3 is 2.29 bits per heavy atom. The number of rotatable bonds is 7. The summed E-state index contributed by atoms with van der Waals surface area (Å²) in [6.45, 7) is 0.493. The third kappa shape index (κ3) is 6.30. The van der Waals surface area contributed by atoms with Gasteiger partial charge < -0.3 is 15.7 Å². The first-order valence-electron chi connectivity index (χ1n) is 6.99. The van der Waals surface area contributed by atoms with Crippen LogP contribution in [0.15, 0.2) is 0 Å². The molecular formula is C12H23N3O5S. The number of sulfonamides is 1. The Balaban J connectivity index is 2.33. The van der Waals surface area contributed by atoms with Crippen LogP contribution in [0.4, 0.5) is 4.79 Å². The molecule has 8 nitrogen and oxygen atoms in total. The zero-order valence-electron chi connectivity index (χ0n) is 12.1. The average Bonchev–Trinajstić information content (AvgIpc) is 2.37. The Bertz CT molecular complexity index is 471. The Labute approximate surface area is 124 Å². The lowest BCUT2D eigenvalue weighted by Crippen LogP contribution is -2.58. The third-order valence-corrected chi connectivity index (χ3v) is 4.20. The van der Waals surface area contributed by atoms with Crippen molar-refractivity contribution >= 4 is 22.0 Å². The summed E-state index contributed by atoms with van der Waals surface area (Å²) >= 11 is 0. The molecular weight excluding hydrogens is 298 g/mol. The zero-order valence-corrected chi connectivity index (χ0v) is 13.0. The molecule has 0 heterocycles. The number of nitrogens with one attached hydrogen (secondary N) is 3. The van der Waals surface area contributed by atoms with Crippen molar-refractivity contribution in [3.63, 3.8) is 0 Å². The van der Waals surface area contributed by atoms with Crippen LogP contribution in [-0.4, -0.2) is 50.4 Å². The summed E-state index contributed by atoms with van der Waals surface area (Å²) in [6, 6.07) is -0.529. The van der Waals surface area contributed by atoms with Gasteiger partial charge in [0.2, 0.25) is 10.0 Å². The van der Waals surface area contributed by atoms with Crippen molar-refractivity contribution in [3.05, 3.63) is 0 Å². The van der Waals surface area contributed by atoms with Gasteiger partial charge in [-0.2, -0.15) is 0 Å². The molecule has 1 aliphatic rings. The molecule has 0 atom stereocenters. The number of carbonyl (C=O) groups is 2. The Morgan fingerprint density at radius 2 is 1.76 bits per heavy atom. The summed E-state index contributed by atoms with van der Waals surface area (Å²) in [5, 5.41) is 14.4. The maximum Gasteiger partial charge on any atom is 0.329 e. The molecule has 0 bridgehead atoms. The minimum Gasteiger partial charge on any atom is -0.480 e. The van der Waals surface area contributed by atoms with E-state index in [9.17, 15) is 23.1 Å². The topological polar surface area (TPSA) is 125 Å². The van der Waals surface area contributed by atoms with E-state index in [4.69, 9.17) is 0 Å². The summed E-state index contributed by atoms with van der Waals surface area (Å²) in [5.74, 6) is -1.00. The van der Waals surface area contributed by atoms with Crippen LogP contribution in [-0.2, 0) is 14.8 Å². The van der Waals surface area contributed by atoms with E-state index in [0.717, 1.165) is 25.5 Å². The van der Waals surface area contributed by atoms with Gasteiger partial charge >= 0.3 is 12.0 Å². The summed E-state index contributed by atoms with van der Waals surface area (Å²) in [6.07, 6.45) is 4.91. The van der Waals surface area contributed by atoms with Crippen LogP contribution in [0.3, 0.4) is 0 Å². The number of hydrogen-bond donors (Lipinski definition) is 4. The molecule has 21 heavy (non-hydrogen) atoms. The first-order chi connectivity index (χ1) is 9.75. The second kappa shape index (κ2) is 7.60. The van der Waals surface area contributed by atoms with Crippen LogP contribution in [0.25, 0.3) is 0 Å². The Kier molecular flexibility index (Phi) is 6.41. The molecule has 0 aliphatic heterocycles. The standard InChI is InChI=1S/C12H23N3O5S/c1-21(19,20)14-9-5-8-13-11(18)15-12(10(16)17)6-3-2-4-7-12/h14H,2-9H2,1H3,(H,16,17)(H2,13,15,18). The molecule has 1 fully saturated rings. The van der Waals surface area contributed by atoms with Gasteiger partial charge in [0.05, 0.1) is 6.26 Å². The largest absolute Gasteiger partial charge is 0.480 e. The Morgan fingerprint density at radius 1 is 1.14 bits per heavy atom. The maximum absolute atomic E-state index is 11.8. The van der Waals surface area contributed by atoms with Gasteiger partial charge in [-0.25, -0.2) is 22.7 Å². The second-order valence-corrected chi connectivity index (χ2v) is 7.18. The van der Waals surface area contributed by atoms with E-state index in [0.29, 0.717) is 19.3 Å². The normalized spacial score (nSPS) is 18.0. The highest BCUT2D eigenvalue weighted by Gasteiger charge is 2.40. The molecule has 4 N–H and O–H groups in total. The van der Waals surface area contributed by atoms with E-state index in [1.54, 1.807) is 0 Å². The van der Waals surface area contributed by atoms with Crippen molar-refractivity contribution in [2.45, 2.75) is 44.1 Å². The highest BCUT2D eigenvalue weighted by molar-refractivity contribution is 7.88. The molecule has 0 aromatic heterocycles. The van der Waals surface area contributed by atoms with E-state index in [1.807, 2.05) is 0 Å². The number of carboxylic acids is 1. The summed E-state index contributed by atoms with van der Waals surface area (Å²) in [7, 11) is -3.22. The lowest BCUT2D eigenvalue weighted by Gasteiger charge is -2.33. The van der Waals surface area contributed by atoms with E-state index in [-0.39, 0.29) is 13.1 Å². The zero-order chi connectivity index (χ0) is 15.9. The van der Waals surface area contributed by atoms with Gasteiger partial charge in [0, 0.05) is 13.1 Å². The van der Waals surface area contributed by atoms with E-state index >= 15 is 0 Å². The van der Waals surface area contributed by atoms with Gasteiger partial charge in [-0.05, 0) is 19.3 Å². The summed E-state index contributed by atoms with van der Waals surface area (Å²) < 4.78 is 24.0. The average molecular weight is 321 g/mol. The maximum atomic E-state index is 11.8. The molecule has 2 amide bonds. The second-order valence-electron chi connectivity index (χ2n) is 5.35. The van der Waals surface area contributed by atoms with Gasteiger partial charge in [-0.15, -0.1) is 0 Å². The molecule has 1 saturated carbocycles. The van der Waals surface area contributed by atoms with Crippen molar-refractivity contribution in [2.24, 2.45) is 0 Å². The molecule has 0 saturated heterocycles. The van der Waals surface area contributed by atoms with Gasteiger partial charge in [0.1, 0.15) is 5.54 Å². The highest BCUT2D eigenvalue weighted by Crippen LogP contribution is 2.28. The quantitative estimate of drug-likeness (QED) is 0.492. The molecule has 0 radical (unpaired) electrons. The van der Waals surface area contributed by atoms with Crippen LogP contribution in [0, 0.1) is 0 Å². The van der Waals surface area contributed by atoms with Crippen LogP contribution in [0.2, 0.25) is 0 Å². The lowest BCUT2D eigenvalue weighted by atomic mass is 9.82. The van der Waals surface area contributed by atoms with Crippen LogP contribution in [0.5, 0.6) is 0 Å². The highest BCUT2D eigenvalue weighted by atomic mass is 32.2. The Hall–Kier alpha value is -1.35. The van der Waals surface area contributed by atoms with Crippen molar-refractivity contribution in [3.8, 4) is 0 Å². The third-order valence-electron chi connectivity index (χ3n) is 3.47. The number of aliphatic carboxylic acids is 1. The predicted octanol–water partition coefficient (Wildman–Crippen LogP) is 0.0124. The van der Waals surface area contributed by atoms with Gasteiger partial charge in [-0.1, -0.05) is 19.3 Å². The van der Waals surface area contributed by atoms with Gasteiger partial charge in [0.15, 0.2) is 0 Å². The molecule has 1 aliphatic carbocycles. The van der Waals surface area contributed by atoms with Gasteiger partial charge in [-0.3, -0.25) is 0 Å². The molecule has 0 spiro atoms. The van der Waals surface area contributed by atoms with Crippen molar-refractivity contribution in [1.29, 1.82) is 0 Å². The summed E-state index contributed by atoms with van der Waals surface area (Å²) in [5.41, 5.74) is -1.17. The molecule has 0 unspecified atom stereocenters. The predicted molar refractivity (Wildman–Crippen MR) is 77.4 cm³/mol. The molecule has 0 aromatic rings. The van der Waals surface area contributed by atoms with Crippen LogP contribution >= 0.6 is 0 Å². The number of carboxylic acid groups (broad SMARTS) is 1. The number of amides is 2. The minimum absolute atomic E-state index is 0.225. The van der Waals surface area contributed by atoms with E-state index in [1.165, 1.54) is 0 Å². The first-order valence-corrected chi connectivity index (χ1v) is 8.88. The number of carbonyl (C=O) groups excluding carboxylic acids is 1. The van der Waals surface area contributed by atoms with Crippen molar-refractivity contribution < 1.29 is 23.1 Å². The molecule has 1 rings (SSSR count). The van der Waals surface area contributed by atoms with Gasteiger partial charge in [0.25, 0.3) is 0 Å². The molecule has 122 valence electrons. The lowest BCUT2D eigenvalue weighted by molar-refractivity contribution is -0.145. The molecule has 0 aromatic carbocycles.